The number of aryl methyl sites for hydroxylation is 1. The van der Waals surface area contributed by atoms with Crippen LogP contribution in [0.1, 0.15) is 29.8 Å². The summed E-state index contributed by atoms with van der Waals surface area (Å²) >= 11 is 0. The lowest BCUT2D eigenvalue weighted by Gasteiger charge is -2.20. The Balaban J connectivity index is 2.30. The van der Waals surface area contributed by atoms with Crippen molar-refractivity contribution in [3.63, 3.8) is 0 Å². The maximum Gasteiger partial charge on any atom is 0.255 e. The van der Waals surface area contributed by atoms with Crippen LogP contribution in [-0.4, -0.2) is 45.8 Å². The molecule has 0 aliphatic carbocycles. The maximum atomic E-state index is 12.8. The van der Waals surface area contributed by atoms with Crippen LogP contribution in [-0.2, 0) is 10.0 Å². The number of nitrogens with one attached hydrogen (secondary N) is 1. The topological polar surface area (TPSA) is 69.7 Å². The van der Waals surface area contributed by atoms with E-state index >= 15 is 0 Å². The van der Waals surface area contributed by atoms with Crippen molar-refractivity contribution in [1.82, 2.24) is 4.31 Å². The highest BCUT2D eigenvalue weighted by Gasteiger charge is 2.24. The molecule has 0 spiro atoms. The Morgan fingerprint density at radius 3 is 2.11 bits per heavy atom. The van der Waals surface area contributed by atoms with E-state index in [0.29, 0.717) is 29.9 Å². The van der Waals surface area contributed by atoms with Crippen LogP contribution >= 0.6 is 0 Å². The lowest BCUT2D eigenvalue weighted by atomic mass is 10.1. The number of rotatable bonds is 7. The highest BCUT2D eigenvalue weighted by atomic mass is 32.2. The molecule has 0 radical (unpaired) electrons. The van der Waals surface area contributed by atoms with Crippen LogP contribution in [0.3, 0.4) is 0 Å². The standard InChI is InChI=1S/C20H27N3O3S/c1-6-23(7-2)27(25,26)19-14-16(9-8-15(19)3)20(24)21-17-10-12-18(13-11-17)22(4)5/h8-14H,6-7H2,1-5H3,(H,21,24). The first-order chi connectivity index (χ1) is 12.7. The molecular weight excluding hydrogens is 362 g/mol. The second kappa shape index (κ2) is 8.54. The number of amides is 1. The average Bonchev–Trinajstić information content (AvgIpc) is 2.63. The quantitative estimate of drug-likeness (QED) is 0.788. The monoisotopic (exact) mass is 389 g/mol. The molecule has 0 bridgehead atoms. The van der Waals surface area contributed by atoms with Gasteiger partial charge in [0.25, 0.3) is 5.91 Å². The van der Waals surface area contributed by atoms with Crippen molar-refractivity contribution in [2.75, 3.05) is 37.4 Å². The van der Waals surface area contributed by atoms with E-state index in [1.807, 2.05) is 43.3 Å². The first-order valence-electron chi connectivity index (χ1n) is 8.90. The predicted molar refractivity (Wildman–Crippen MR) is 110 cm³/mol. The van der Waals surface area contributed by atoms with Gasteiger partial charge in [0.15, 0.2) is 0 Å². The molecule has 0 unspecified atom stereocenters. The Morgan fingerprint density at radius 2 is 1.59 bits per heavy atom. The van der Waals surface area contributed by atoms with Gasteiger partial charge < -0.3 is 10.2 Å². The van der Waals surface area contributed by atoms with E-state index < -0.39 is 10.0 Å². The Labute approximate surface area is 161 Å². The minimum absolute atomic E-state index is 0.168. The zero-order valence-corrected chi connectivity index (χ0v) is 17.3. The third-order valence-electron chi connectivity index (χ3n) is 4.42. The minimum atomic E-state index is -3.63. The molecule has 2 aromatic carbocycles. The second-order valence-electron chi connectivity index (χ2n) is 6.47. The van der Waals surface area contributed by atoms with Gasteiger partial charge in [-0.15, -0.1) is 0 Å². The van der Waals surface area contributed by atoms with E-state index in [1.54, 1.807) is 32.9 Å². The molecular formula is C20H27N3O3S. The van der Waals surface area contributed by atoms with Crippen molar-refractivity contribution in [1.29, 1.82) is 0 Å². The van der Waals surface area contributed by atoms with Gasteiger partial charge in [0.2, 0.25) is 10.0 Å². The summed E-state index contributed by atoms with van der Waals surface area (Å²) in [5.74, 6) is -0.344. The minimum Gasteiger partial charge on any atom is -0.378 e. The normalized spacial score (nSPS) is 11.5. The second-order valence-corrected chi connectivity index (χ2v) is 8.37. The summed E-state index contributed by atoms with van der Waals surface area (Å²) in [6.45, 7) is 6.09. The summed E-state index contributed by atoms with van der Waals surface area (Å²) in [4.78, 5) is 14.7. The van der Waals surface area contributed by atoms with Gasteiger partial charge in [-0.3, -0.25) is 4.79 Å². The zero-order chi connectivity index (χ0) is 20.2. The van der Waals surface area contributed by atoms with Crippen molar-refractivity contribution >= 4 is 27.3 Å². The Kier molecular flexibility index (Phi) is 6.62. The molecule has 27 heavy (non-hydrogen) atoms. The molecule has 2 aromatic rings. The van der Waals surface area contributed by atoms with Crippen LogP contribution in [0.4, 0.5) is 11.4 Å². The number of nitrogens with zero attached hydrogens (tertiary/aromatic N) is 2. The van der Waals surface area contributed by atoms with Gasteiger partial charge in [-0.2, -0.15) is 4.31 Å². The average molecular weight is 390 g/mol. The number of carbonyl (C=O) groups is 1. The molecule has 0 saturated carbocycles. The number of hydrogen-bond donors (Lipinski definition) is 1. The summed E-state index contributed by atoms with van der Waals surface area (Å²) in [6.07, 6.45) is 0. The van der Waals surface area contributed by atoms with Crippen molar-refractivity contribution in [2.24, 2.45) is 0 Å². The Morgan fingerprint density at radius 1 is 1.00 bits per heavy atom. The van der Waals surface area contributed by atoms with Gasteiger partial charge in [-0.1, -0.05) is 19.9 Å². The fourth-order valence-corrected chi connectivity index (χ4v) is 4.48. The van der Waals surface area contributed by atoms with Gasteiger partial charge in [0, 0.05) is 44.1 Å². The van der Waals surface area contributed by atoms with Crippen LogP contribution in [0.15, 0.2) is 47.4 Å². The zero-order valence-electron chi connectivity index (χ0n) is 16.5. The van der Waals surface area contributed by atoms with E-state index in [-0.39, 0.29) is 10.8 Å². The number of benzene rings is 2. The number of carbonyl (C=O) groups excluding carboxylic acids is 1. The van der Waals surface area contributed by atoms with E-state index in [0.717, 1.165) is 5.69 Å². The van der Waals surface area contributed by atoms with Crippen molar-refractivity contribution in [2.45, 2.75) is 25.7 Å². The molecule has 2 rings (SSSR count). The number of sulfonamides is 1. The molecule has 6 nitrogen and oxygen atoms in total. The summed E-state index contributed by atoms with van der Waals surface area (Å²) < 4.78 is 27.1. The molecule has 146 valence electrons. The third kappa shape index (κ3) is 4.67. The lowest BCUT2D eigenvalue weighted by molar-refractivity contribution is 0.102. The smallest absolute Gasteiger partial charge is 0.255 e. The molecule has 0 saturated heterocycles. The third-order valence-corrected chi connectivity index (χ3v) is 6.61. The molecule has 0 aliphatic rings. The molecule has 0 aromatic heterocycles. The summed E-state index contributed by atoms with van der Waals surface area (Å²) in [7, 11) is 0.256. The SMILES string of the molecule is CCN(CC)S(=O)(=O)c1cc(C(=O)Nc2ccc(N(C)C)cc2)ccc1C. The van der Waals surface area contributed by atoms with Gasteiger partial charge in [0.05, 0.1) is 4.90 Å². The molecule has 0 aliphatic heterocycles. The van der Waals surface area contributed by atoms with E-state index in [2.05, 4.69) is 5.32 Å². The fourth-order valence-electron chi connectivity index (χ4n) is 2.77. The van der Waals surface area contributed by atoms with Gasteiger partial charge >= 0.3 is 0 Å². The van der Waals surface area contributed by atoms with Crippen LogP contribution < -0.4 is 10.2 Å². The summed E-state index contributed by atoms with van der Waals surface area (Å²) in [6, 6.07) is 12.2. The first-order valence-corrected chi connectivity index (χ1v) is 10.3. The molecule has 0 heterocycles. The number of hydrogen-bond acceptors (Lipinski definition) is 4. The van der Waals surface area contributed by atoms with E-state index in [9.17, 15) is 13.2 Å². The van der Waals surface area contributed by atoms with Crippen LogP contribution in [0.25, 0.3) is 0 Å². The Bertz CT molecular complexity index is 903. The molecule has 0 fully saturated rings. The van der Waals surface area contributed by atoms with Crippen LogP contribution in [0.2, 0.25) is 0 Å². The van der Waals surface area contributed by atoms with Crippen molar-refractivity contribution in [3.8, 4) is 0 Å². The van der Waals surface area contributed by atoms with E-state index in [1.165, 1.54) is 10.4 Å². The first kappa shape index (κ1) is 20.9. The highest BCUT2D eigenvalue weighted by molar-refractivity contribution is 7.89. The molecule has 7 heteroatoms. The van der Waals surface area contributed by atoms with E-state index in [4.69, 9.17) is 0 Å². The highest BCUT2D eigenvalue weighted by Crippen LogP contribution is 2.22. The predicted octanol–water partition coefficient (Wildman–Crippen LogP) is 3.34. The molecule has 1 amide bonds. The fraction of sp³-hybridized carbons (Fsp3) is 0.350. The summed E-state index contributed by atoms with van der Waals surface area (Å²) in [5.41, 5.74) is 2.60. The van der Waals surface area contributed by atoms with Gasteiger partial charge in [0.1, 0.15) is 0 Å². The largest absolute Gasteiger partial charge is 0.378 e. The molecule has 1 N–H and O–H groups in total. The molecule has 0 atom stereocenters. The van der Waals surface area contributed by atoms with Gasteiger partial charge in [-0.25, -0.2) is 8.42 Å². The Hall–Kier alpha value is -2.38. The van der Waals surface area contributed by atoms with Gasteiger partial charge in [-0.05, 0) is 48.9 Å². The van der Waals surface area contributed by atoms with Crippen LogP contribution in [0.5, 0.6) is 0 Å². The lowest BCUT2D eigenvalue weighted by Crippen LogP contribution is -2.31. The van der Waals surface area contributed by atoms with Crippen LogP contribution in [0, 0.1) is 6.92 Å². The maximum absolute atomic E-state index is 12.8. The number of anilines is 2. The van der Waals surface area contributed by atoms with Crippen molar-refractivity contribution in [3.05, 3.63) is 53.6 Å². The van der Waals surface area contributed by atoms with Crippen molar-refractivity contribution < 1.29 is 13.2 Å². The summed E-state index contributed by atoms with van der Waals surface area (Å²) in [5, 5.41) is 2.81.